The Bertz CT molecular complexity index is 477. The number of hydrogen-bond acceptors (Lipinski definition) is 4. The summed E-state index contributed by atoms with van der Waals surface area (Å²) in [4.78, 5) is 21.8. The number of nitrogens with two attached hydrogens (primary N) is 1. The van der Waals surface area contributed by atoms with Crippen molar-refractivity contribution in [3.63, 3.8) is 0 Å². The van der Waals surface area contributed by atoms with E-state index in [-0.39, 0.29) is 17.5 Å². The van der Waals surface area contributed by atoms with Gasteiger partial charge in [0.15, 0.2) is 0 Å². The van der Waals surface area contributed by atoms with E-state index in [1.54, 1.807) is 6.07 Å². The SMILES string of the molecule is Nc1cc(C(=O)O)ccc1NC1CCC(=O)NC1. The highest BCUT2D eigenvalue weighted by molar-refractivity contribution is 5.90. The Kier molecular flexibility index (Phi) is 3.36. The van der Waals surface area contributed by atoms with Gasteiger partial charge in [0.2, 0.25) is 5.91 Å². The van der Waals surface area contributed by atoms with Gasteiger partial charge in [-0.05, 0) is 24.6 Å². The van der Waals surface area contributed by atoms with Gasteiger partial charge in [-0.25, -0.2) is 4.79 Å². The van der Waals surface area contributed by atoms with Crippen LogP contribution in [0.2, 0.25) is 0 Å². The average Bonchev–Trinajstić information content (AvgIpc) is 2.34. The van der Waals surface area contributed by atoms with Crippen LogP contribution in [0, 0.1) is 0 Å². The quantitative estimate of drug-likeness (QED) is 0.589. The zero-order valence-electron chi connectivity index (χ0n) is 9.77. The molecule has 1 amide bonds. The Morgan fingerprint density at radius 1 is 1.50 bits per heavy atom. The number of aromatic carboxylic acids is 1. The zero-order valence-corrected chi connectivity index (χ0v) is 9.77. The van der Waals surface area contributed by atoms with Crippen molar-refractivity contribution in [1.82, 2.24) is 5.32 Å². The molecule has 0 aliphatic carbocycles. The predicted molar refractivity (Wildman–Crippen MR) is 67.5 cm³/mol. The molecule has 2 rings (SSSR count). The Hall–Kier alpha value is -2.24. The minimum absolute atomic E-state index is 0.0576. The van der Waals surface area contributed by atoms with Crippen molar-refractivity contribution in [2.75, 3.05) is 17.6 Å². The second-order valence-corrected chi connectivity index (χ2v) is 4.29. The van der Waals surface area contributed by atoms with Crippen LogP contribution >= 0.6 is 0 Å². The van der Waals surface area contributed by atoms with Crippen LogP contribution < -0.4 is 16.4 Å². The van der Waals surface area contributed by atoms with Crippen LogP contribution in [-0.4, -0.2) is 29.6 Å². The first-order valence-electron chi connectivity index (χ1n) is 5.72. The molecule has 1 atom stereocenters. The van der Waals surface area contributed by atoms with Crippen molar-refractivity contribution >= 4 is 23.3 Å². The summed E-state index contributed by atoms with van der Waals surface area (Å²) in [7, 11) is 0. The highest BCUT2D eigenvalue weighted by Gasteiger charge is 2.18. The zero-order chi connectivity index (χ0) is 13.1. The fourth-order valence-corrected chi connectivity index (χ4v) is 1.90. The second kappa shape index (κ2) is 4.95. The number of carboxylic acid groups (broad SMARTS) is 1. The smallest absolute Gasteiger partial charge is 0.335 e. The molecule has 5 N–H and O–H groups in total. The molecule has 0 aromatic heterocycles. The Balaban J connectivity index is 2.05. The van der Waals surface area contributed by atoms with E-state index in [2.05, 4.69) is 10.6 Å². The van der Waals surface area contributed by atoms with Gasteiger partial charge < -0.3 is 21.5 Å². The first kappa shape index (κ1) is 12.2. The normalized spacial score (nSPS) is 19.1. The van der Waals surface area contributed by atoms with E-state index < -0.39 is 5.97 Å². The van der Waals surface area contributed by atoms with Crippen molar-refractivity contribution in [3.8, 4) is 0 Å². The van der Waals surface area contributed by atoms with Gasteiger partial charge >= 0.3 is 5.97 Å². The maximum Gasteiger partial charge on any atom is 0.335 e. The Labute approximate surface area is 104 Å². The molecule has 1 aromatic carbocycles. The van der Waals surface area contributed by atoms with E-state index in [1.807, 2.05) is 0 Å². The van der Waals surface area contributed by atoms with Gasteiger partial charge in [0.1, 0.15) is 0 Å². The number of nitrogens with one attached hydrogen (secondary N) is 2. The summed E-state index contributed by atoms with van der Waals surface area (Å²) in [5.41, 5.74) is 7.04. The molecule has 1 aliphatic rings. The van der Waals surface area contributed by atoms with Crippen LogP contribution in [0.5, 0.6) is 0 Å². The first-order chi connectivity index (χ1) is 8.56. The van der Waals surface area contributed by atoms with Gasteiger partial charge in [-0.15, -0.1) is 0 Å². The number of anilines is 2. The number of nitrogen functional groups attached to an aromatic ring is 1. The summed E-state index contributed by atoms with van der Waals surface area (Å²) in [6, 6.07) is 4.70. The lowest BCUT2D eigenvalue weighted by Crippen LogP contribution is -2.41. The largest absolute Gasteiger partial charge is 0.478 e. The molecule has 1 unspecified atom stereocenters. The van der Waals surface area contributed by atoms with Crippen LogP contribution in [0.3, 0.4) is 0 Å². The fraction of sp³-hybridized carbons (Fsp3) is 0.333. The van der Waals surface area contributed by atoms with Crippen LogP contribution in [0.25, 0.3) is 0 Å². The first-order valence-corrected chi connectivity index (χ1v) is 5.72. The lowest BCUT2D eigenvalue weighted by atomic mass is 10.1. The molecule has 1 heterocycles. The van der Waals surface area contributed by atoms with Crippen LogP contribution in [0.4, 0.5) is 11.4 Å². The maximum atomic E-state index is 11.0. The number of carbonyl (C=O) groups is 2. The number of amides is 1. The maximum absolute atomic E-state index is 11.0. The lowest BCUT2D eigenvalue weighted by Gasteiger charge is -2.25. The van der Waals surface area contributed by atoms with E-state index in [9.17, 15) is 9.59 Å². The van der Waals surface area contributed by atoms with Crippen molar-refractivity contribution < 1.29 is 14.7 Å². The van der Waals surface area contributed by atoms with Gasteiger partial charge in [0.05, 0.1) is 16.9 Å². The number of hydrogen-bond donors (Lipinski definition) is 4. The van der Waals surface area contributed by atoms with Gasteiger partial charge in [-0.2, -0.15) is 0 Å². The van der Waals surface area contributed by atoms with Crippen LogP contribution in [0.1, 0.15) is 23.2 Å². The molecule has 0 bridgehead atoms. The van der Waals surface area contributed by atoms with Crippen molar-refractivity contribution in [1.29, 1.82) is 0 Å². The molecule has 6 heteroatoms. The Morgan fingerprint density at radius 2 is 2.28 bits per heavy atom. The summed E-state index contributed by atoms with van der Waals surface area (Å²) < 4.78 is 0. The molecule has 1 fully saturated rings. The van der Waals surface area contributed by atoms with Gasteiger partial charge in [-0.1, -0.05) is 0 Å². The summed E-state index contributed by atoms with van der Waals surface area (Å²) in [6.07, 6.45) is 1.23. The molecular formula is C12H15N3O3. The summed E-state index contributed by atoms with van der Waals surface area (Å²) in [5.74, 6) is -0.944. The number of carbonyl (C=O) groups excluding carboxylic acids is 1. The van der Waals surface area contributed by atoms with Gasteiger partial charge in [0, 0.05) is 19.0 Å². The lowest BCUT2D eigenvalue weighted by molar-refractivity contribution is -0.122. The minimum atomic E-state index is -1.00. The number of carboxylic acids is 1. The number of benzene rings is 1. The highest BCUT2D eigenvalue weighted by Crippen LogP contribution is 2.22. The van der Waals surface area contributed by atoms with E-state index in [1.165, 1.54) is 12.1 Å². The standard InChI is InChI=1S/C12H15N3O3/c13-9-5-7(12(17)18)1-3-10(9)15-8-2-4-11(16)14-6-8/h1,3,5,8,15H,2,4,6,13H2,(H,14,16)(H,17,18). The highest BCUT2D eigenvalue weighted by atomic mass is 16.4. The number of rotatable bonds is 3. The Morgan fingerprint density at radius 3 is 2.83 bits per heavy atom. The van der Waals surface area contributed by atoms with Gasteiger partial charge in [-0.3, -0.25) is 4.79 Å². The molecule has 18 heavy (non-hydrogen) atoms. The molecule has 1 aliphatic heterocycles. The molecule has 0 spiro atoms. The summed E-state index contributed by atoms with van der Waals surface area (Å²) >= 11 is 0. The van der Waals surface area contributed by atoms with Crippen LogP contribution in [-0.2, 0) is 4.79 Å². The third kappa shape index (κ3) is 2.71. The van der Waals surface area contributed by atoms with E-state index in [4.69, 9.17) is 10.8 Å². The summed E-state index contributed by atoms with van der Waals surface area (Å²) in [6.45, 7) is 0.555. The third-order valence-corrected chi connectivity index (χ3v) is 2.92. The van der Waals surface area contributed by atoms with Gasteiger partial charge in [0.25, 0.3) is 0 Å². The van der Waals surface area contributed by atoms with E-state index in [0.29, 0.717) is 24.3 Å². The molecule has 0 saturated carbocycles. The fourth-order valence-electron chi connectivity index (χ4n) is 1.90. The molecule has 1 saturated heterocycles. The van der Waals surface area contributed by atoms with E-state index >= 15 is 0 Å². The molecule has 96 valence electrons. The molecule has 6 nitrogen and oxygen atoms in total. The monoisotopic (exact) mass is 249 g/mol. The molecule has 1 aromatic rings. The van der Waals surface area contributed by atoms with Crippen molar-refractivity contribution in [2.45, 2.75) is 18.9 Å². The van der Waals surface area contributed by atoms with Crippen molar-refractivity contribution in [3.05, 3.63) is 23.8 Å². The predicted octanol–water partition coefficient (Wildman–Crippen LogP) is 0.657. The molecular weight excluding hydrogens is 234 g/mol. The minimum Gasteiger partial charge on any atom is -0.478 e. The van der Waals surface area contributed by atoms with Crippen molar-refractivity contribution in [2.24, 2.45) is 0 Å². The average molecular weight is 249 g/mol. The summed E-state index contributed by atoms with van der Waals surface area (Å²) in [5, 5.41) is 14.8. The molecule has 0 radical (unpaired) electrons. The van der Waals surface area contributed by atoms with Crippen LogP contribution in [0.15, 0.2) is 18.2 Å². The number of piperidine rings is 1. The topological polar surface area (TPSA) is 104 Å². The van der Waals surface area contributed by atoms with E-state index in [0.717, 1.165) is 6.42 Å². The second-order valence-electron chi connectivity index (χ2n) is 4.29. The third-order valence-electron chi connectivity index (χ3n) is 2.92.